The first kappa shape index (κ1) is 26.6. The maximum Gasteiger partial charge on any atom is 0.0640 e. The van der Waals surface area contributed by atoms with Crippen molar-refractivity contribution in [1.29, 1.82) is 0 Å². The Morgan fingerprint density at radius 3 is 1.87 bits per heavy atom. The lowest BCUT2D eigenvalue weighted by molar-refractivity contribution is 1.30. The average molecular weight is 605 g/mol. The molecule has 0 aliphatic rings. The fourth-order valence-corrected chi connectivity index (χ4v) is 7.92. The Hall–Kier alpha value is -5.77. The van der Waals surface area contributed by atoms with Gasteiger partial charge in [-0.3, -0.25) is 4.98 Å². The van der Waals surface area contributed by atoms with E-state index in [1.807, 2.05) is 23.7 Å². The number of fused-ring (bicyclic) bond motifs is 6. The number of thiophene rings is 1. The summed E-state index contributed by atoms with van der Waals surface area (Å²) in [6.07, 6.45) is 3.87. The molecule has 9 rings (SSSR count). The minimum atomic E-state index is 1.12. The first-order chi connectivity index (χ1) is 22.8. The summed E-state index contributed by atoms with van der Waals surface area (Å²) < 4.78 is 2.50. The van der Waals surface area contributed by atoms with Gasteiger partial charge in [0.1, 0.15) is 0 Å². The lowest BCUT2D eigenvalue weighted by Crippen LogP contribution is -2.10. The fraction of sp³-hybridized carbons (Fsp3) is 0. The molecule has 0 fully saturated rings. The molecular weight excluding hydrogens is 577 g/mol. The average Bonchev–Trinajstić information content (AvgIpc) is 3.52. The molecule has 0 aliphatic heterocycles. The van der Waals surface area contributed by atoms with Crippen molar-refractivity contribution in [1.82, 2.24) is 4.98 Å². The van der Waals surface area contributed by atoms with E-state index in [0.29, 0.717) is 0 Å². The van der Waals surface area contributed by atoms with Crippen molar-refractivity contribution in [3.05, 3.63) is 170 Å². The largest absolute Gasteiger partial charge is 0.309 e. The van der Waals surface area contributed by atoms with Gasteiger partial charge in [-0.1, -0.05) is 115 Å². The highest BCUT2D eigenvalue weighted by Gasteiger charge is 2.19. The van der Waals surface area contributed by atoms with E-state index in [1.165, 1.54) is 64.0 Å². The lowest BCUT2D eigenvalue weighted by Gasteiger charge is -2.26. The molecule has 2 nitrogen and oxygen atoms in total. The molecule has 2 aromatic heterocycles. The topological polar surface area (TPSA) is 16.1 Å². The van der Waals surface area contributed by atoms with Crippen LogP contribution in [0.2, 0.25) is 0 Å². The summed E-state index contributed by atoms with van der Waals surface area (Å²) in [7, 11) is 0. The van der Waals surface area contributed by atoms with Gasteiger partial charge in [0.2, 0.25) is 0 Å². The van der Waals surface area contributed by atoms with E-state index >= 15 is 0 Å². The van der Waals surface area contributed by atoms with Crippen LogP contribution in [0.3, 0.4) is 0 Å². The van der Waals surface area contributed by atoms with Crippen LogP contribution in [0.5, 0.6) is 0 Å². The number of aromatic nitrogens is 1. The molecule has 0 saturated carbocycles. The van der Waals surface area contributed by atoms with E-state index in [4.69, 9.17) is 0 Å². The number of hydrogen-bond acceptors (Lipinski definition) is 3. The third-order valence-corrected chi connectivity index (χ3v) is 10.2. The van der Waals surface area contributed by atoms with Gasteiger partial charge in [-0.15, -0.1) is 11.3 Å². The van der Waals surface area contributed by atoms with Crippen molar-refractivity contribution in [3.63, 3.8) is 0 Å². The maximum atomic E-state index is 4.44. The van der Waals surface area contributed by atoms with Crippen LogP contribution in [0.15, 0.2) is 170 Å². The second kappa shape index (κ2) is 11.0. The molecule has 216 valence electrons. The van der Waals surface area contributed by atoms with Gasteiger partial charge in [-0.2, -0.15) is 0 Å². The van der Waals surface area contributed by atoms with E-state index in [9.17, 15) is 0 Å². The molecule has 3 heteroatoms. The predicted octanol–water partition coefficient (Wildman–Crippen LogP) is 12.6. The molecule has 0 amide bonds. The summed E-state index contributed by atoms with van der Waals surface area (Å²) in [5.41, 5.74) is 8.27. The molecule has 0 spiro atoms. The minimum absolute atomic E-state index is 1.12. The summed E-state index contributed by atoms with van der Waals surface area (Å²) in [4.78, 5) is 6.83. The zero-order valence-corrected chi connectivity index (χ0v) is 25.8. The van der Waals surface area contributed by atoms with Crippen LogP contribution >= 0.6 is 11.3 Å². The number of pyridine rings is 1. The monoisotopic (exact) mass is 604 g/mol. The number of hydrogen-bond donors (Lipinski definition) is 0. The van der Waals surface area contributed by atoms with Crippen molar-refractivity contribution < 1.29 is 0 Å². The molecule has 0 unspecified atom stereocenters. The summed E-state index contributed by atoms with van der Waals surface area (Å²) in [6, 6.07) is 57.0. The molecule has 46 heavy (non-hydrogen) atoms. The van der Waals surface area contributed by atoms with Crippen LogP contribution < -0.4 is 4.90 Å². The molecule has 2 heterocycles. The Morgan fingerprint density at radius 1 is 0.457 bits per heavy atom. The van der Waals surface area contributed by atoms with Crippen LogP contribution in [0, 0.1) is 0 Å². The summed E-state index contributed by atoms with van der Waals surface area (Å²) in [5.74, 6) is 0. The van der Waals surface area contributed by atoms with Gasteiger partial charge < -0.3 is 4.90 Å². The van der Waals surface area contributed by atoms with Crippen LogP contribution in [0.25, 0.3) is 64.0 Å². The molecule has 0 radical (unpaired) electrons. The van der Waals surface area contributed by atoms with E-state index in [2.05, 4.69) is 168 Å². The van der Waals surface area contributed by atoms with Crippen LogP contribution in [0.4, 0.5) is 17.1 Å². The summed E-state index contributed by atoms with van der Waals surface area (Å²) in [5, 5.41) is 7.52. The normalized spacial score (nSPS) is 11.5. The Bertz CT molecular complexity index is 2510. The van der Waals surface area contributed by atoms with Crippen molar-refractivity contribution in [2.75, 3.05) is 4.90 Å². The molecule has 7 aromatic carbocycles. The molecule has 0 bridgehead atoms. The number of rotatable bonds is 5. The molecule has 9 aromatic rings. The number of anilines is 3. The van der Waals surface area contributed by atoms with Gasteiger partial charge in [0.25, 0.3) is 0 Å². The van der Waals surface area contributed by atoms with Gasteiger partial charge in [-0.05, 0) is 86.3 Å². The molecular formula is C43H28N2S. The van der Waals surface area contributed by atoms with E-state index in [0.717, 1.165) is 17.1 Å². The standard InChI is InChI=1S/C43H28N2S/c1-2-9-29(10-3-1)30-17-21-33(22-18-30)45(41-16-8-15-38-40-28-44-26-25-42(40)46-43(38)41)34-23-19-31(20-24-34)39-27-32-11-4-5-12-35(32)36-13-6-7-14-37(36)39/h1-28H. The zero-order chi connectivity index (χ0) is 30.5. The quantitative estimate of drug-likeness (QED) is 0.182. The highest BCUT2D eigenvalue weighted by atomic mass is 32.1. The Kier molecular flexibility index (Phi) is 6.36. The van der Waals surface area contributed by atoms with Gasteiger partial charge in [0.15, 0.2) is 0 Å². The van der Waals surface area contributed by atoms with Crippen LogP contribution in [-0.2, 0) is 0 Å². The maximum absolute atomic E-state index is 4.44. The highest BCUT2D eigenvalue weighted by Crippen LogP contribution is 2.45. The van der Waals surface area contributed by atoms with Gasteiger partial charge in [0, 0.05) is 39.2 Å². The number of nitrogens with zero attached hydrogens (tertiary/aromatic N) is 2. The van der Waals surface area contributed by atoms with E-state index in [-0.39, 0.29) is 0 Å². The molecule has 0 atom stereocenters. The Labute approximate surface area is 271 Å². The second-order valence-electron chi connectivity index (χ2n) is 11.6. The SMILES string of the molecule is c1ccc(-c2ccc(N(c3ccc(-c4cc5ccccc5c5ccccc45)cc3)c3cccc4c3sc3ccncc34)cc2)cc1. The number of benzene rings is 7. The second-order valence-corrected chi connectivity index (χ2v) is 12.7. The molecule has 0 N–H and O–H groups in total. The first-order valence-corrected chi connectivity index (χ1v) is 16.4. The van der Waals surface area contributed by atoms with E-state index in [1.54, 1.807) is 0 Å². The highest BCUT2D eigenvalue weighted by molar-refractivity contribution is 7.26. The third kappa shape index (κ3) is 4.44. The lowest BCUT2D eigenvalue weighted by atomic mass is 9.93. The van der Waals surface area contributed by atoms with Gasteiger partial charge in [-0.25, -0.2) is 0 Å². The van der Waals surface area contributed by atoms with Gasteiger partial charge in [0.05, 0.1) is 10.4 Å². The van der Waals surface area contributed by atoms with Crippen LogP contribution in [0.1, 0.15) is 0 Å². The van der Waals surface area contributed by atoms with Crippen molar-refractivity contribution in [3.8, 4) is 22.3 Å². The Balaban J connectivity index is 1.21. The van der Waals surface area contributed by atoms with Crippen molar-refractivity contribution in [2.24, 2.45) is 0 Å². The van der Waals surface area contributed by atoms with Gasteiger partial charge >= 0.3 is 0 Å². The Morgan fingerprint density at radius 2 is 1.09 bits per heavy atom. The zero-order valence-electron chi connectivity index (χ0n) is 25.0. The molecule has 0 aliphatic carbocycles. The van der Waals surface area contributed by atoms with Crippen LogP contribution in [-0.4, -0.2) is 4.98 Å². The van der Waals surface area contributed by atoms with E-state index < -0.39 is 0 Å². The fourth-order valence-electron chi connectivity index (χ4n) is 6.75. The summed E-state index contributed by atoms with van der Waals surface area (Å²) >= 11 is 1.83. The minimum Gasteiger partial charge on any atom is -0.309 e. The summed E-state index contributed by atoms with van der Waals surface area (Å²) in [6.45, 7) is 0. The van der Waals surface area contributed by atoms with Crippen molar-refractivity contribution in [2.45, 2.75) is 0 Å². The predicted molar refractivity (Wildman–Crippen MR) is 198 cm³/mol. The first-order valence-electron chi connectivity index (χ1n) is 15.5. The third-order valence-electron chi connectivity index (χ3n) is 8.96. The smallest absolute Gasteiger partial charge is 0.0640 e. The van der Waals surface area contributed by atoms with Crippen molar-refractivity contribution >= 4 is 70.1 Å². The molecule has 0 saturated heterocycles.